The normalized spacial score (nSPS) is 17.8. The molecule has 156 valence electrons. The highest BCUT2D eigenvalue weighted by atomic mass is 19.1. The zero-order valence-corrected chi connectivity index (χ0v) is 17.1. The van der Waals surface area contributed by atoms with Gasteiger partial charge >= 0.3 is 0 Å². The van der Waals surface area contributed by atoms with Crippen molar-refractivity contribution >= 4 is 23.1 Å². The van der Waals surface area contributed by atoms with Crippen LogP contribution >= 0.6 is 0 Å². The summed E-state index contributed by atoms with van der Waals surface area (Å²) in [5.41, 5.74) is 1.61. The van der Waals surface area contributed by atoms with Crippen LogP contribution in [0.15, 0.2) is 54.2 Å². The van der Waals surface area contributed by atoms with Crippen LogP contribution in [0.2, 0.25) is 0 Å². The summed E-state index contributed by atoms with van der Waals surface area (Å²) in [6.45, 7) is 5.11. The van der Waals surface area contributed by atoms with Gasteiger partial charge in [-0.15, -0.1) is 0 Å². The Kier molecular flexibility index (Phi) is 5.55. The van der Waals surface area contributed by atoms with Gasteiger partial charge in [0.1, 0.15) is 17.3 Å². The van der Waals surface area contributed by atoms with E-state index in [-0.39, 0.29) is 5.91 Å². The van der Waals surface area contributed by atoms with E-state index < -0.39 is 11.7 Å². The minimum absolute atomic E-state index is 0.302. The Balaban J connectivity index is 1.81. The van der Waals surface area contributed by atoms with Crippen LogP contribution in [-0.2, 0) is 9.59 Å². The topological polar surface area (TPSA) is 53.1 Å². The van der Waals surface area contributed by atoms with E-state index in [1.54, 1.807) is 36.4 Å². The van der Waals surface area contributed by atoms with Crippen molar-refractivity contribution in [1.29, 1.82) is 0 Å². The Hall–Kier alpha value is -3.19. The maximum atomic E-state index is 13.6. The molecule has 2 heterocycles. The average molecular weight is 409 g/mol. The zero-order valence-electron chi connectivity index (χ0n) is 17.1. The first kappa shape index (κ1) is 20.1. The monoisotopic (exact) mass is 409 g/mol. The maximum Gasteiger partial charge on any atom is 0.282 e. The molecule has 0 atom stereocenters. The quantitative estimate of drug-likeness (QED) is 0.711. The van der Waals surface area contributed by atoms with Gasteiger partial charge in [-0.25, -0.2) is 9.29 Å². The third-order valence-corrected chi connectivity index (χ3v) is 5.42. The van der Waals surface area contributed by atoms with Gasteiger partial charge in [-0.05, 0) is 43.8 Å². The number of rotatable bonds is 5. The predicted octanol–water partition coefficient (Wildman–Crippen LogP) is 2.76. The van der Waals surface area contributed by atoms with Crippen LogP contribution in [-0.4, -0.2) is 61.4 Å². The number of piperazine rings is 1. The van der Waals surface area contributed by atoms with Crippen molar-refractivity contribution in [3.63, 3.8) is 0 Å². The van der Waals surface area contributed by atoms with Crippen LogP contribution in [0.4, 0.5) is 10.1 Å². The minimum Gasteiger partial charge on any atom is -0.492 e. The maximum absolute atomic E-state index is 13.6. The van der Waals surface area contributed by atoms with Crippen LogP contribution in [0, 0.1) is 5.82 Å². The van der Waals surface area contributed by atoms with Crippen molar-refractivity contribution in [3.05, 3.63) is 65.6 Å². The number of amides is 2. The number of ether oxygens (including phenoxy) is 1. The number of benzene rings is 2. The number of carbonyl (C=O) groups is 2. The molecule has 2 aromatic carbocycles. The smallest absolute Gasteiger partial charge is 0.282 e. The van der Waals surface area contributed by atoms with Crippen molar-refractivity contribution < 1.29 is 18.7 Å². The van der Waals surface area contributed by atoms with Crippen molar-refractivity contribution in [1.82, 2.24) is 9.80 Å². The lowest BCUT2D eigenvalue weighted by molar-refractivity contribution is -0.120. The fourth-order valence-corrected chi connectivity index (χ4v) is 3.86. The Morgan fingerprint density at radius 2 is 1.60 bits per heavy atom. The molecule has 7 heteroatoms. The van der Waals surface area contributed by atoms with Crippen LogP contribution < -0.4 is 9.64 Å². The summed E-state index contributed by atoms with van der Waals surface area (Å²) in [5.74, 6) is -0.723. The molecule has 0 unspecified atom stereocenters. The molecule has 0 spiro atoms. The van der Waals surface area contributed by atoms with Crippen molar-refractivity contribution in [3.8, 4) is 5.75 Å². The van der Waals surface area contributed by atoms with E-state index in [1.807, 2.05) is 18.9 Å². The van der Waals surface area contributed by atoms with Crippen molar-refractivity contribution in [2.24, 2.45) is 0 Å². The molecule has 30 heavy (non-hydrogen) atoms. The average Bonchev–Trinajstić information content (AvgIpc) is 3.00. The standard InChI is InChI=1S/C23H24FN3O3/c1-3-30-19-7-5-4-6-18(19)27-22(28)20(16-8-10-17(24)11-9-16)21(23(27)29)26-14-12-25(2)13-15-26/h4-11H,3,12-15H2,1-2H3. The summed E-state index contributed by atoms with van der Waals surface area (Å²) in [6, 6.07) is 12.7. The van der Waals surface area contributed by atoms with Crippen molar-refractivity contribution in [2.45, 2.75) is 6.92 Å². The Morgan fingerprint density at radius 3 is 2.27 bits per heavy atom. The lowest BCUT2D eigenvalue weighted by Gasteiger charge is -2.34. The van der Waals surface area contributed by atoms with Gasteiger partial charge in [0.25, 0.3) is 11.8 Å². The number of imide groups is 1. The molecule has 2 aliphatic heterocycles. The summed E-state index contributed by atoms with van der Waals surface area (Å²) in [7, 11) is 2.03. The second-order valence-corrected chi connectivity index (χ2v) is 7.37. The first-order chi connectivity index (χ1) is 14.5. The first-order valence-corrected chi connectivity index (χ1v) is 10.1. The number of hydrogen-bond donors (Lipinski definition) is 0. The lowest BCUT2D eigenvalue weighted by atomic mass is 10.0. The molecule has 6 nitrogen and oxygen atoms in total. The number of nitrogens with zero attached hydrogens (tertiary/aromatic N) is 3. The third kappa shape index (κ3) is 3.57. The lowest BCUT2D eigenvalue weighted by Crippen LogP contribution is -2.46. The van der Waals surface area contributed by atoms with Gasteiger partial charge in [0.2, 0.25) is 0 Å². The zero-order chi connectivity index (χ0) is 21.3. The fourth-order valence-electron chi connectivity index (χ4n) is 3.86. The van der Waals surface area contributed by atoms with Crippen LogP contribution in [0.5, 0.6) is 5.75 Å². The number of para-hydroxylation sites is 2. The van der Waals surface area contributed by atoms with Gasteiger partial charge in [-0.1, -0.05) is 24.3 Å². The molecule has 0 N–H and O–H groups in total. The van der Waals surface area contributed by atoms with E-state index in [4.69, 9.17) is 4.74 Å². The number of anilines is 1. The molecule has 0 aliphatic carbocycles. The molecule has 4 rings (SSSR count). The number of carbonyl (C=O) groups excluding carboxylic acids is 2. The summed E-state index contributed by atoms with van der Waals surface area (Å²) in [5, 5.41) is 0. The van der Waals surface area contributed by atoms with Gasteiger partial charge in [-0.2, -0.15) is 0 Å². The van der Waals surface area contributed by atoms with Crippen LogP contribution in [0.1, 0.15) is 12.5 Å². The summed E-state index contributed by atoms with van der Waals surface area (Å²) in [6.07, 6.45) is 0. The SMILES string of the molecule is CCOc1ccccc1N1C(=O)C(c2ccc(F)cc2)=C(N2CCN(C)CC2)C1=O. The molecule has 0 radical (unpaired) electrons. The molecular weight excluding hydrogens is 385 g/mol. The Bertz CT molecular complexity index is 995. The van der Waals surface area contributed by atoms with E-state index >= 15 is 0 Å². The van der Waals surface area contributed by atoms with Gasteiger partial charge in [-0.3, -0.25) is 9.59 Å². The summed E-state index contributed by atoms with van der Waals surface area (Å²) in [4.78, 5) is 32.4. The van der Waals surface area contributed by atoms with E-state index in [0.717, 1.165) is 13.1 Å². The number of hydrogen-bond acceptors (Lipinski definition) is 5. The molecule has 2 aromatic rings. The molecule has 0 saturated carbocycles. The van der Waals surface area contributed by atoms with Crippen LogP contribution in [0.25, 0.3) is 5.57 Å². The van der Waals surface area contributed by atoms with Gasteiger partial charge in [0, 0.05) is 26.2 Å². The fraction of sp³-hybridized carbons (Fsp3) is 0.304. The van der Waals surface area contributed by atoms with Gasteiger partial charge in [0.05, 0.1) is 17.9 Å². The van der Waals surface area contributed by atoms with E-state index in [1.165, 1.54) is 17.0 Å². The Labute approximate surface area is 175 Å². The number of halogens is 1. The highest BCUT2D eigenvalue weighted by Gasteiger charge is 2.43. The van der Waals surface area contributed by atoms with Gasteiger partial charge in [0.15, 0.2) is 0 Å². The predicted molar refractivity (Wildman–Crippen MR) is 112 cm³/mol. The highest BCUT2D eigenvalue weighted by Crippen LogP contribution is 2.38. The molecule has 2 aliphatic rings. The molecule has 0 bridgehead atoms. The second kappa shape index (κ2) is 8.28. The summed E-state index contributed by atoms with van der Waals surface area (Å²) >= 11 is 0. The van der Waals surface area contributed by atoms with Crippen molar-refractivity contribution in [2.75, 3.05) is 44.7 Å². The summed E-state index contributed by atoms with van der Waals surface area (Å²) < 4.78 is 19.2. The van der Waals surface area contributed by atoms with Crippen LogP contribution in [0.3, 0.4) is 0 Å². The molecule has 1 saturated heterocycles. The second-order valence-electron chi connectivity index (χ2n) is 7.37. The molecule has 0 aromatic heterocycles. The highest BCUT2D eigenvalue weighted by molar-refractivity contribution is 6.45. The molecular formula is C23H24FN3O3. The Morgan fingerprint density at radius 1 is 0.933 bits per heavy atom. The molecule has 1 fully saturated rings. The minimum atomic E-state index is -0.423. The third-order valence-electron chi connectivity index (χ3n) is 5.42. The van der Waals surface area contributed by atoms with E-state index in [9.17, 15) is 14.0 Å². The number of likely N-dealkylation sites (N-methyl/N-ethyl adjacent to an activating group) is 1. The van der Waals surface area contributed by atoms with E-state index in [2.05, 4.69) is 4.90 Å². The largest absolute Gasteiger partial charge is 0.492 e. The molecule has 2 amide bonds. The van der Waals surface area contributed by atoms with Gasteiger partial charge < -0.3 is 14.5 Å². The van der Waals surface area contributed by atoms with E-state index in [0.29, 0.717) is 48.0 Å². The first-order valence-electron chi connectivity index (χ1n) is 10.1.